The van der Waals surface area contributed by atoms with Gasteiger partial charge in [-0.05, 0) is 51.3 Å². The topological polar surface area (TPSA) is 90.7 Å². The van der Waals surface area contributed by atoms with Gasteiger partial charge in [0.15, 0.2) is 0 Å². The second kappa shape index (κ2) is 7.47. The number of rotatable bonds is 2. The fourth-order valence-corrected chi connectivity index (χ4v) is 3.37. The molecule has 2 aliphatic rings. The highest BCUT2D eigenvalue weighted by molar-refractivity contribution is 6.21. The number of fused-ring (bicyclic) bond motifs is 1. The fourth-order valence-electron chi connectivity index (χ4n) is 3.37. The molecule has 7 nitrogen and oxygen atoms in total. The number of amides is 3. The Bertz CT molecular complexity index is 870. The van der Waals surface area contributed by atoms with Gasteiger partial charge in [-0.15, -0.1) is 0 Å². The molecule has 1 fully saturated rings. The molecule has 146 valence electrons. The predicted molar refractivity (Wildman–Crippen MR) is 101 cm³/mol. The molecule has 0 bridgehead atoms. The minimum atomic E-state index is -0.601. The van der Waals surface area contributed by atoms with E-state index in [1.165, 1.54) is 0 Å². The third-order valence-electron chi connectivity index (χ3n) is 4.70. The summed E-state index contributed by atoms with van der Waals surface area (Å²) in [5.41, 5.74) is 1.22. The maximum absolute atomic E-state index is 12.6. The van der Waals surface area contributed by atoms with Crippen LogP contribution in [0.2, 0.25) is 0 Å². The Balaban J connectivity index is 1.78. The van der Waals surface area contributed by atoms with Crippen molar-refractivity contribution in [3.8, 4) is 6.07 Å². The first-order chi connectivity index (χ1) is 13.2. The average Bonchev–Trinajstić information content (AvgIpc) is 2.89. The summed E-state index contributed by atoms with van der Waals surface area (Å²) in [4.78, 5) is 40.1. The number of piperidine rings is 1. The zero-order valence-corrected chi connectivity index (χ0v) is 16.3. The molecule has 2 heterocycles. The van der Waals surface area contributed by atoms with Gasteiger partial charge in [-0.2, -0.15) is 5.26 Å². The Morgan fingerprint density at radius 1 is 1.18 bits per heavy atom. The van der Waals surface area contributed by atoms with Crippen LogP contribution in [0.25, 0.3) is 0 Å². The first-order valence-corrected chi connectivity index (χ1v) is 9.25. The van der Waals surface area contributed by atoms with Crippen LogP contribution < -0.4 is 0 Å². The molecule has 0 aromatic heterocycles. The van der Waals surface area contributed by atoms with Crippen molar-refractivity contribution in [2.75, 3.05) is 19.6 Å². The first-order valence-electron chi connectivity index (χ1n) is 9.25. The zero-order valence-electron chi connectivity index (χ0n) is 16.3. The molecular weight excluding hydrogens is 358 g/mol. The van der Waals surface area contributed by atoms with Crippen LogP contribution in [-0.4, -0.2) is 52.9 Å². The number of benzene rings is 1. The van der Waals surface area contributed by atoms with Crippen molar-refractivity contribution in [2.45, 2.75) is 39.2 Å². The summed E-state index contributed by atoms with van der Waals surface area (Å²) < 4.78 is 5.41. The van der Waals surface area contributed by atoms with Crippen molar-refractivity contribution >= 4 is 17.9 Å². The van der Waals surface area contributed by atoms with E-state index in [2.05, 4.69) is 6.07 Å². The smallest absolute Gasteiger partial charge is 0.410 e. The number of carbonyl (C=O) groups excluding carboxylic acids is 3. The molecule has 1 saturated heterocycles. The SMILES string of the molecule is CC(C)(C)OC(=O)N1CCC/C(=C(\C#N)CN2C(=O)c3ccccc3C2=O)C1. The van der Waals surface area contributed by atoms with Crippen LogP contribution >= 0.6 is 0 Å². The summed E-state index contributed by atoms with van der Waals surface area (Å²) in [5.74, 6) is -0.789. The van der Waals surface area contributed by atoms with E-state index in [0.29, 0.717) is 36.1 Å². The summed E-state index contributed by atoms with van der Waals surface area (Å²) in [6, 6.07) is 8.76. The summed E-state index contributed by atoms with van der Waals surface area (Å²) in [6.07, 6.45) is 0.912. The lowest BCUT2D eigenvalue weighted by Crippen LogP contribution is -2.41. The third-order valence-corrected chi connectivity index (χ3v) is 4.70. The minimum Gasteiger partial charge on any atom is -0.444 e. The van der Waals surface area contributed by atoms with Gasteiger partial charge in [0, 0.05) is 13.1 Å². The second-order valence-corrected chi connectivity index (χ2v) is 7.94. The number of nitrogens with zero attached hydrogens (tertiary/aromatic N) is 3. The van der Waals surface area contributed by atoms with Crippen LogP contribution in [0, 0.1) is 11.3 Å². The third kappa shape index (κ3) is 3.91. The van der Waals surface area contributed by atoms with Crippen LogP contribution in [0.4, 0.5) is 4.79 Å². The number of ether oxygens (including phenoxy) is 1. The minimum absolute atomic E-state index is 0.0830. The van der Waals surface area contributed by atoms with E-state index >= 15 is 0 Å². The van der Waals surface area contributed by atoms with Crippen LogP contribution in [0.5, 0.6) is 0 Å². The molecule has 3 rings (SSSR count). The van der Waals surface area contributed by atoms with Crippen molar-refractivity contribution in [3.63, 3.8) is 0 Å². The zero-order chi connectivity index (χ0) is 20.5. The Morgan fingerprint density at radius 3 is 2.32 bits per heavy atom. The first kappa shape index (κ1) is 19.6. The number of hydrogen-bond donors (Lipinski definition) is 0. The second-order valence-electron chi connectivity index (χ2n) is 7.94. The monoisotopic (exact) mass is 381 g/mol. The highest BCUT2D eigenvalue weighted by Gasteiger charge is 2.36. The standard InChI is InChI=1S/C21H23N3O4/c1-21(2,3)28-20(27)23-10-6-7-14(12-23)15(11-22)13-24-18(25)16-8-4-5-9-17(16)19(24)26/h4-5,8-9H,6-7,10,12-13H2,1-3H3/b15-14-. The van der Waals surface area contributed by atoms with Crippen molar-refractivity contribution in [1.82, 2.24) is 9.80 Å². The van der Waals surface area contributed by atoms with Crippen LogP contribution in [0.15, 0.2) is 35.4 Å². The maximum Gasteiger partial charge on any atom is 0.410 e. The number of likely N-dealkylation sites (tertiary alicyclic amines) is 1. The van der Waals surface area contributed by atoms with E-state index in [1.807, 2.05) is 0 Å². The van der Waals surface area contributed by atoms with Crippen molar-refractivity contribution < 1.29 is 19.1 Å². The number of hydrogen-bond acceptors (Lipinski definition) is 5. The lowest BCUT2D eigenvalue weighted by molar-refractivity contribution is 0.0245. The lowest BCUT2D eigenvalue weighted by Gasteiger charge is -2.32. The summed E-state index contributed by atoms with van der Waals surface area (Å²) in [5, 5.41) is 9.65. The summed E-state index contributed by atoms with van der Waals surface area (Å²) >= 11 is 0. The van der Waals surface area contributed by atoms with Crippen LogP contribution in [0.3, 0.4) is 0 Å². The Kier molecular flexibility index (Phi) is 5.23. The quantitative estimate of drug-likeness (QED) is 0.580. The molecule has 0 N–H and O–H groups in total. The molecule has 28 heavy (non-hydrogen) atoms. The molecular formula is C21H23N3O4. The Morgan fingerprint density at radius 2 is 1.79 bits per heavy atom. The largest absolute Gasteiger partial charge is 0.444 e. The van der Waals surface area contributed by atoms with E-state index in [4.69, 9.17) is 4.74 Å². The van der Waals surface area contributed by atoms with Gasteiger partial charge in [-0.3, -0.25) is 14.5 Å². The molecule has 2 aliphatic heterocycles. The van der Waals surface area contributed by atoms with E-state index in [9.17, 15) is 19.6 Å². The van der Waals surface area contributed by atoms with Crippen molar-refractivity contribution in [2.24, 2.45) is 0 Å². The van der Waals surface area contributed by atoms with E-state index in [0.717, 1.165) is 10.5 Å². The lowest BCUT2D eigenvalue weighted by atomic mass is 9.99. The van der Waals surface area contributed by atoms with Gasteiger partial charge in [0.2, 0.25) is 0 Å². The summed E-state index contributed by atoms with van der Waals surface area (Å²) in [6.45, 7) is 6.13. The number of nitriles is 1. The molecule has 0 aliphatic carbocycles. The van der Waals surface area contributed by atoms with Crippen molar-refractivity contribution in [3.05, 3.63) is 46.5 Å². The van der Waals surface area contributed by atoms with Gasteiger partial charge < -0.3 is 9.64 Å². The highest BCUT2D eigenvalue weighted by atomic mass is 16.6. The van der Waals surface area contributed by atoms with Gasteiger partial charge in [0.1, 0.15) is 5.60 Å². The van der Waals surface area contributed by atoms with Crippen LogP contribution in [0.1, 0.15) is 54.3 Å². The normalized spacial score (nSPS) is 18.6. The average molecular weight is 381 g/mol. The Hall–Kier alpha value is -3.14. The van der Waals surface area contributed by atoms with Gasteiger partial charge in [0.25, 0.3) is 11.8 Å². The van der Waals surface area contributed by atoms with E-state index in [1.54, 1.807) is 49.9 Å². The van der Waals surface area contributed by atoms with Gasteiger partial charge in [0.05, 0.1) is 29.3 Å². The molecule has 1 aromatic carbocycles. The molecule has 0 spiro atoms. The van der Waals surface area contributed by atoms with E-state index < -0.39 is 23.5 Å². The number of imide groups is 1. The Labute approximate surface area is 164 Å². The predicted octanol–water partition coefficient (Wildman–Crippen LogP) is 3.13. The van der Waals surface area contributed by atoms with Gasteiger partial charge >= 0.3 is 6.09 Å². The van der Waals surface area contributed by atoms with Gasteiger partial charge in [-0.1, -0.05) is 12.1 Å². The van der Waals surface area contributed by atoms with Crippen LogP contribution in [-0.2, 0) is 4.74 Å². The van der Waals surface area contributed by atoms with Crippen molar-refractivity contribution in [1.29, 1.82) is 5.26 Å². The molecule has 0 atom stereocenters. The van der Waals surface area contributed by atoms with E-state index in [-0.39, 0.29) is 13.1 Å². The molecule has 0 saturated carbocycles. The molecule has 1 aromatic rings. The number of carbonyl (C=O) groups is 3. The highest BCUT2D eigenvalue weighted by Crippen LogP contribution is 2.26. The van der Waals surface area contributed by atoms with Gasteiger partial charge in [-0.25, -0.2) is 4.79 Å². The molecule has 0 unspecified atom stereocenters. The fraction of sp³-hybridized carbons (Fsp3) is 0.429. The molecule has 0 radical (unpaired) electrons. The molecule has 3 amide bonds. The molecule has 7 heteroatoms. The summed E-state index contributed by atoms with van der Waals surface area (Å²) in [7, 11) is 0. The maximum atomic E-state index is 12.6.